The molecule has 0 saturated heterocycles. The summed E-state index contributed by atoms with van der Waals surface area (Å²) in [5.74, 6) is 0.707. The molecule has 74 valence electrons. The number of hydrogen-bond donors (Lipinski definition) is 1. The van der Waals surface area contributed by atoms with Crippen LogP contribution in [0.3, 0.4) is 0 Å². The molecule has 0 radical (unpaired) electrons. The van der Waals surface area contributed by atoms with Crippen molar-refractivity contribution in [3.05, 3.63) is 23.1 Å². The van der Waals surface area contributed by atoms with Gasteiger partial charge in [0.2, 0.25) is 0 Å². The maximum Gasteiger partial charge on any atom is -0.000284 e. The molecule has 1 aliphatic rings. The summed E-state index contributed by atoms with van der Waals surface area (Å²) in [7, 11) is 0. The fourth-order valence-electron chi connectivity index (χ4n) is 1.90. The molecule has 1 aliphatic carbocycles. The SMILES string of the molecule is CCC(C)(CC)C1C=CC(S)=CC1. The minimum absolute atomic E-state index is 0.474. The second kappa shape index (κ2) is 4.36. The van der Waals surface area contributed by atoms with Gasteiger partial charge >= 0.3 is 0 Å². The van der Waals surface area contributed by atoms with Gasteiger partial charge in [-0.25, -0.2) is 0 Å². The number of thiol groups is 1. The van der Waals surface area contributed by atoms with E-state index in [9.17, 15) is 0 Å². The Kier molecular flexibility index (Phi) is 3.66. The minimum Gasteiger partial charge on any atom is -0.144 e. The van der Waals surface area contributed by atoms with Gasteiger partial charge in [-0.1, -0.05) is 51.8 Å². The maximum absolute atomic E-state index is 4.33. The number of allylic oxidation sites excluding steroid dienone is 3. The summed E-state index contributed by atoms with van der Waals surface area (Å²) in [6.07, 6.45) is 10.4. The fourth-order valence-corrected chi connectivity index (χ4v) is 2.09. The zero-order valence-corrected chi connectivity index (χ0v) is 9.77. The van der Waals surface area contributed by atoms with E-state index in [1.54, 1.807) is 0 Å². The third-order valence-electron chi connectivity index (χ3n) is 3.59. The van der Waals surface area contributed by atoms with Crippen LogP contribution in [-0.4, -0.2) is 0 Å². The highest BCUT2D eigenvalue weighted by atomic mass is 32.1. The normalized spacial score (nSPS) is 23.1. The quantitative estimate of drug-likeness (QED) is 0.642. The van der Waals surface area contributed by atoms with Crippen LogP contribution < -0.4 is 0 Å². The first kappa shape index (κ1) is 10.9. The van der Waals surface area contributed by atoms with E-state index in [2.05, 4.69) is 51.6 Å². The smallest absolute Gasteiger partial charge is 0.000284 e. The Morgan fingerprint density at radius 2 is 2.08 bits per heavy atom. The molecule has 0 nitrogen and oxygen atoms in total. The van der Waals surface area contributed by atoms with E-state index in [-0.39, 0.29) is 0 Å². The Morgan fingerprint density at radius 1 is 1.46 bits per heavy atom. The Balaban J connectivity index is 2.69. The van der Waals surface area contributed by atoms with Crippen LogP contribution in [0.15, 0.2) is 23.1 Å². The summed E-state index contributed by atoms with van der Waals surface area (Å²) in [4.78, 5) is 1.12. The largest absolute Gasteiger partial charge is 0.144 e. The van der Waals surface area contributed by atoms with Crippen LogP contribution in [0.1, 0.15) is 40.0 Å². The van der Waals surface area contributed by atoms with Gasteiger partial charge in [0, 0.05) is 0 Å². The van der Waals surface area contributed by atoms with E-state index in [0.717, 1.165) is 11.3 Å². The zero-order valence-electron chi connectivity index (χ0n) is 8.88. The molecule has 0 bridgehead atoms. The van der Waals surface area contributed by atoms with E-state index >= 15 is 0 Å². The van der Waals surface area contributed by atoms with Gasteiger partial charge in [0.1, 0.15) is 0 Å². The average Bonchev–Trinajstić information content (AvgIpc) is 2.18. The molecule has 0 aromatic carbocycles. The standard InChI is InChI=1S/C12H20S/c1-4-12(3,5-2)10-6-8-11(13)9-7-10/h6,8-10,13H,4-5,7H2,1-3H3. The number of rotatable bonds is 3. The first-order valence-corrected chi connectivity index (χ1v) is 5.64. The van der Waals surface area contributed by atoms with Gasteiger partial charge in [-0.15, -0.1) is 12.6 Å². The summed E-state index contributed by atoms with van der Waals surface area (Å²) in [5.41, 5.74) is 0.474. The lowest BCUT2D eigenvalue weighted by atomic mass is 9.70. The van der Waals surface area contributed by atoms with E-state index in [0.29, 0.717) is 11.3 Å². The van der Waals surface area contributed by atoms with Crippen molar-refractivity contribution in [3.63, 3.8) is 0 Å². The van der Waals surface area contributed by atoms with Gasteiger partial charge < -0.3 is 0 Å². The van der Waals surface area contributed by atoms with E-state index < -0.39 is 0 Å². The maximum atomic E-state index is 4.33. The minimum atomic E-state index is 0.474. The lowest BCUT2D eigenvalue weighted by Gasteiger charge is -2.35. The molecule has 1 atom stereocenters. The molecule has 1 heteroatoms. The molecular formula is C12H20S. The zero-order chi connectivity index (χ0) is 9.90. The molecule has 0 fully saturated rings. The molecule has 0 aromatic rings. The lowest BCUT2D eigenvalue weighted by Crippen LogP contribution is -2.25. The second-order valence-corrected chi connectivity index (χ2v) is 4.71. The van der Waals surface area contributed by atoms with Crippen LogP contribution in [0.5, 0.6) is 0 Å². The summed E-state index contributed by atoms with van der Waals surface area (Å²) >= 11 is 4.33. The van der Waals surface area contributed by atoms with Gasteiger partial charge in [-0.2, -0.15) is 0 Å². The predicted octanol–water partition coefficient (Wildman–Crippen LogP) is 4.20. The Morgan fingerprint density at radius 3 is 2.46 bits per heavy atom. The molecule has 1 unspecified atom stereocenters. The number of hydrogen-bond acceptors (Lipinski definition) is 1. The van der Waals surface area contributed by atoms with Crippen molar-refractivity contribution in [1.82, 2.24) is 0 Å². The van der Waals surface area contributed by atoms with Crippen LogP contribution in [-0.2, 0) is 0 Å². The average molecular weight is 196 g/mol. The Bertz CT molecular complexity index is 221. The van der Waals surface area contributed by atoms with E-state index in [1.165, 1.54) is 12.8 Å². The van der Waals surface area contributed by atoms with Crippen molar-refractivity contribution in [2.24, 2.45) is 11.3 Å². The van der Waals surface area contributed by atoms with E-state index in [4.69, 9.17) is 0 Å². The Hall–Kier alpha value is -0.170. The van der Waals surface area contributed by atoms with Crippen LogP contribution in [0.2, 0.25) is 0 Å². The monoisotopic (exact) mass is 196 g/mol. The first-order chi connectivity index (χ1) is 6.12. The summed E-state index contributed by atoms with van der Waals surface area (Å²) < 4.78 is 0. The highest BCUT2D eigenvalue weighted by molar-refractivity contribution is 7.84. The van der Waals surface area contributed by atoms with E-state index in [1.807, 2.05) is 0 Å². The van der Waals surface area contributed by atoms with Crippen LogP contribution in [0, 0.1) is 11.3 Å². The third-order valence-corrected chi connectivity index (χ3v) is 3.92. The van der Waals surface area contributed by atoms with Gasteiger partial charge in [0.25, 0.3) is 0 Å². The molecule has 0 spiro atoms. The van der Waals surface area contributed by atoms with Gasteiger partial charge in [0.15, 0.2) is 0 Å². The topological polar surface area (TPSA) is 0 Å². The summed E-state index contributed by atoms with van der Waals surface area (Å²) in [6, 6.07) is 0. The first-order valence-electron chi connectivity index (χ1n) is 5.19. The Labute approximate surface area is 87.5 Å². The molecule has 1 rings (SSSR count). The van der Waals surface area contributed by atoms with Crippen molar-refractivity contribution >= 4 is 12.6 Å². The molecule has 0 aliphatic heterocycles. The van der Waals surface area contributed by atoms with Crippen molar-refractivity contribution in [2.75, 3.05) is 0 Å². The molecule has 0 amide bonds. The van der Waals surface area contributed by atoms with Crippen molar-refractivity contribution < 1.29 is 0 Å². The van der Waals surface area contributed by atoms with Crippen molar-refractivity contribution in [3.8, 4) is 0 Å². The van der Waals surface area contributed by atoms with Gasteiger partial charge in [-0.05, 0) is 22.7 Å². The van der Waals surface area contributed by atoms with Crippen molar-refractivity contribution in [1.29, 1.82) is 0 Å². The van der Waals surface area contributed by atoms with Gasteiger partial charge in [-0.3, -0.25) is 0 Å². The van der Waals surface area contributed by atoms with Crippen molar-refractivity contribution in [2.45, 2.75) is 40.0 Å². The van der Waals surface area contributed by atoms with Crippen LogP contribution >= 0.6 is 12.6 Å². The lowest BCUT2D eigenvalue weighted by molar-refractivity contribution is 0.208. The highest BCUT2D eigenvalue weighted by Gasteiger charge is 2.28. The summed E-state index contributed by atoms with van der Waals surface area (Å²) in [5, 5.41) is 0. The fraction of sp³-hybridized carbons (Fsp3) is 0.667. The molecular weight excluding hydrogens is 176 g/mol. The third kappa shape index (κ3) is 2.40. The molecule has 0 N–H and O–H groups in total. The van der Waals surface area contributed by atoms with Gasteiger partial charge in [0.05, 0.1) is 0 Å². The predicted molar refractivity (Wildman–Crippen MR) is 63.0 cm³/mol. The second-order valence-electron chi connectivity index (χ2n) is 4.19. The molecule has 0 saturated carbocycles. The van der Waals surface area contributed by atoms with Crippen LogP contribution in [0.4, 0.5) is 0 Å². The van der Waals surface area contributed by atoms with Crippen LogP contribution in [0.25, 0.3) is 0 Å². The molecule has 13 heavy (non-hydrogen) atoms. The molecule has 0 heterocycles. The molecule has 0 aromatic heterocycles. The summed E-state index contributed by atoms with van der Waals surface area (Å²) in [6.45, 7) is 6.97. The highest BCUT2D eigenvalue weighted by Crippen LogP contribution is 2.39.